The number of benzene rings is 1. The van der Waals surface area contributed by atoms with E-state index in [1.54, 1.807) is 0 Å². The number of aliphatic carboxylic acids is 1. The normalized spacial score (nSPS) is 16.7. The average Bonchev–Trinajstić information content (AvgIpc) is 3.23. The number of nitro benzene ring substituents is 1. The number of aromatic nitrogens is 1. The number of nitrogens with zero attached hydrogens (tertiary/aromatic N) is 3. The first kappa shape index (κ1) is 18.3. The fourth-order valence-electron chi connectivity index (χ4n) is 2.79. The lowest BCUT2D eigenvalue weighted by Gasteiger charge is -2.21. The number of hydrogen-bond acceptors (Lipinski definition) is 7. The molecular weight excluding hydrogens is 378 g/mol. The lowest BCUT2D eigenvalue weighted by Crippen LogP contribution is -2.40. The Morgan fingerprint density at radius 1 is 1.46 bits per heavy atom. The summed E-state index contributed by atoms with van der Waals surface area (Å²) in [7, 11) is 0. The average molecular weight is 393 g/mol. The van der Waals surface area contributed by atoms with E-state index in [9.17, 15) is 24.8 Å². The predicted molar refractivity (Wildman–Crippen MR) is 95.8 cm³/mol. The zero-order valence-corrected chi connectivity index (χ0v) is 15.4. The van der Waals surface area contributed by atoms with E-state index in [1.807, 2.05) is 12.3 Å². The molecule has 10 heteroatoms. The Bertz CT molecular complexity index is 883. The molecular formula is C16H15N3O5S2. The second kappa shape index (κ2) is 7.42. The summed E-state index contributed by atoms with van der Waals surface area (Å²) in [4.78, 5) is 40.7. The van der Waals surface area contributed by atoms with Crippen molar-refractivity contribution < 1.29 is 19.6 Å². The van der Waals surface area contributed by atoms with Gasteiger partial charge in [-0.1, -0.05) is 11.8 Å². The zero-order chi connectivity index (χ0) is 18.8. The Morgan fingerprint density at radius 2 is 2.23 bits per heavy atom. The van der Waals surface area contributed by atoms with E-state index in [0.717, 1.165) is 5.69 Å². The molecule has 0 aliphatic carbocycles. The number of likely N-dealkylation sites (tertiary alicyclic amines) is 1. The largest absolute Gasteiger partial charge is 0.480 e. The van der Waals surface area contributed by atoms with Gasteiger partial charge in [0.15, 0.2) is 4.34 Å². The van der Waals surface area contributed by atoms with E-state index in [2.05, 4.69) is 4.98 Å². The number of carboxylic acids is 1. The molecule has 0 spiro atoms. The van der Waals surface area contributed by atoms with Gasteiger partial charge in [-0.3, -0.25) is 14.9 Å². The van der Waals surface area contributed by atoms with Crippen molar-refractivity contribution >= 4 is 40.7 Å². The smallest absolute Gasteiger partial charge is 0.326 e. The van der Waals surface area contributed by atoms with Crippen LogP contribution in [0.15, 0.2) is 32.8 Å². The SMILES string of the molecule is Cc1csc(Sc2ccc(C(=O)N3CCC[C@H]3C(=O)O)cc2[N+](=O)[O-])n1. The summed E-state index contributed by atoms with van der Waals surface area (Å²) in [5, 5.41) is 22.5. The Balaban J connectivity index is 1.89. The standard InChI is InChI=1S/C16H15N3O5S2/c1-9-8-25-16(17-9)26-13-5-4-10(7-12(13)19(23)24)14(20)18-6-2-3-11(18)15(21)22/h4-5,7-8,11H,2-3,6H2,1H3,(H,21,22)/t11-/m0/s1. The van der Waals surface area contributed by atoms with Gasteiger partial charge in [-0.25, -0.2) is 9.78 Å². The number of carboxylic acid groups (broad SMARTS) is 1. The summed E-state index contributed by atoms with van der Waals surface area (Å²) in [6.45, 7) is 2.17. The van der Waals surface area contributed by atoms with Gasteiger partial charge in [0, 0.05) is 29.2 Å². The molecule has 0 saturated carbocycles. The predicted octanol–water partition coefficient (Wildman–Crippen LogP) is 3.20. The topological polar surface area (TPSA) is 114 Å². The molecule has 1 amide bonds. The maximum absolute atomic E-state index is 12.6. The van der Waals surface area contributed by atoms with E-state index in [0.29, 0.717) is 28.6 Å². The molecule has 136 valence electrons. The summed E-state index contributed by atoms with van der Waals surface area (Å²) in [5.41, 5.74) is 0.755. The van der Waals surface area contributed by atoms with Gasteiger partial charge in [0.2, 0.25) is 0 Å². The number of amides is 1. The highest BCUT2D eigenvalue weighted by Gasteiger charge is 2.35. The lowest BCUT2D eigenvalue weighted by atomic mass is 10.1. The fraction of sp³-hybridized carbons (Fsp3) is 0.312. The fourth-order valence-corrected chi connectivity index (χ4v) is 4.66. The molecule has 1 aromatic carbocycles. The second-order valence-corrected chi connectivity index (χ2v) is 7.94. The molecule has 0 unspecified atom stereocenters. The highest BCUT2D eigenvalue weighted by Crippen LogP contribution is 2.37. The minimum atomic E-state index is -1.06. The third-order valence-electron chi connectivity index (χ3n) is 4.00. The van der Waals surface area contributed by atoms with Gasteiger partial charge < -0.3 is 10.0 Å². The minimum Gasteiger partial charge on any atom is -0.480 e. The molecule has 2 heterocycles. The van der Waals surface area contributed by atoms with Crippen molar-refractivity contribution in [2.24, 2.45) is 0 Å². The van der Waals surface area contributed by atoms with Crippen LogP contribution in [-0.2, 0) is 4.79 Å². The zero-order valence-electron chi connectivity index (χ0n) is 13.7. The van der Waals surface area contributed by atoms with Crippen LogP contribution < -0.4 is 0 Å². The highest BCUT2D eigenvalue weighted by molar-refractivity contribution is 8.01. The number of carbonyl (C=O) groups is 2. The van der Waals surface area contributed by atoms with Crippen LogP contribution in [0.25, 0.3) is 0 Å². The van der Waals surface area contributed by atoms with E-state index >= 15 is 0 Å². The van der Waals surface area contributed by atoms with Crippen molar-refractivity contribution in [1.29, 1.82) is 0 Å². The maximum atomic E-state index is 12.6. The number of thiazole rings is 1. The monoisotopic (exact) mass is 393 g/mol. The minimum absolute atomic E-state index is 0.115. The van der Waals surface area contributed by atoms with Gasteiger partial charge in [0.1, 0.15) is 6.04 Å². The maximum Gasteiger partial charge on any atom is 0.326 e. The van der Waals surface area contributed by atoms with Crippen LogP contribution in [0.3, 0.4) is 0 Å². The number of aryl methyl sites for hydroxylation is 1. The second-order valence-electron chi connectivity index (χ2n) is 5.79. The molecule has 8 nitrogen and oxygen atoms in total. The van der Waals surface area contributed by atoms with Crippen molar-refractivity contribution in [2.45, 2.75) is 35.0 Å². The quantitative estimate of drug-likeness (QED) is 0.613. The Hall–Kier alpha value is -2.46. The summed E-state index contributed by atoms with van der Waals surface area (Å²) < 4.78 is 0.676. The van der Waals surface area contributed by atoms with Crippen LogP contribution in [0.2, 0.25) is 0 Å². The first-order valence-corrected chi connectivity index (χ1v) is 9.48. The molecule has 1 atom stereocenters. The molecule has 0 bridgehead atoms. The lowest BCUT2D eigenvalue weighted by molar-refractivity contribution is -0.387. The Labute approximate surface area is 157 Å². The summed E-state index contributed by atoms with van der Waals surface area (Å²) in [6.07, 6.45) is 0.989. The van der Waals surface area contributed by atoms with E-state index in [-0.39, 0.29) is 11.3 Å². The first-order valence-electron chi connectivity index (χ1n) is 7.79. The number of carbonyl (C=O) groups excluding carboxylic acids is 1. The number of hydrogen-bond donors (Lipinski definition) is 1. The van der Waals surface area contributed by atoms with Gasteiger partial charge >= 0.3 is 5.97 Å². The summed E-state index contributed by atoms with van der Waals surface area (Å²) >= 11 is 2.56. The number of rotatable bonds is 5. The van der Waals surface area contributed by atoms with Gasteiger partial charge in [-0.15, -0.1) is 11.3 Å². The molecule has 1 N–H and O–H groups in total. The molecule has 0 radical (unpaired) electrons. The third-order valence-corrected chi connectivity index (χ3v) is 6.12. The van der Waals surface area contributed by atoms with Crippen LogP contribution in [0.4, 0.5) is 5.69 Å². The van der Waals surface area contributed by atoms with Crippen molar-refractivity contribution in [1.82, 2.24) is 9.88 Å². The van der Waals surface area contributed by atoms with Crippen molar-refractivity contribution in [3.63, 3.8) is 0 Å². The van der Waals surface area contributed by atoms with Crippen LogP contribution in [-0.4, -0.2) is 44.4 Å². The molecule has 3 rings (SSSR count). The van der Waals surface area contributed by atoms with Crippen molar-refractivity contribution in [2.75, 3.05) is 6.54 Å². The number of nitro groups is 1. The van der Waals surface area contributed by atoms with E-state index < -0.39 is 22.8 Å². The highest BCUT2D eigenvalue weighted by atomic mass is 32.2. The van der Waals surface area contributed by atoms with Crippen LogP contribution in [0.5, 0.6) is 0 Å². The summed E-state index contributed by atoms with van der Waals surface area (Å²) in [6, 6.07) is 3.34. The van der Waals surface area contributed by atoms with Crippen molar-refractivity contribution in [3.8, 4) is 0 Å². The Kier molecular flexibility index (Phi) is 5.23. The molecule has 1 saturated heterocycles. The molecule has 2 aromatic rings. The molecule has 1 aliphatic heterocycles. The Morgan fingerprint density at radius 3 is 2.85 bits per heavy atom. The molecule has 1 fully saturated rings. The van der Waals surface area contributed by atoms with E-state index in [1.165, 1.54) is 46.2 Å². The molecule has 1 aliphatic rings. The van der Waals surface area contributed by atoms with E-state index in [4.69, 9.17) is 0 Å². The summed E-state index contributed by atoms with van der Waals surface area (Å²) in [5.74, 6) is -1.56. The van der Waals surface area contributed by atoms with Gasteiger partial charge in [-0.2, -0.15) is 0 Å². The van der Waals surface area contributed by atoms with Gasteiger partial charge in [0.05, 0.1) is 9.82 Å². The van der Waals surface area contributed by atoms with Crippen molar-refractivity contribution in [3.05, 3.63) is 45.0 Å². The van der Waals surface area contributed by atoms with Crippen LogP contribution in [0.1, 0.15) is 28.9 Å². The van der Waals surface area contributed by atoms with Gasteiger partial charge in [-0.05, 0) is 31.9 Å². The molecule has 26 heavy (non-hydrogen) atoms. The first-order chi connectivity index (χ1) is 12.4. The third kappa shape index (κ3) is 3.70. The van der Waals surface area contributed by atoms with Crippen LogP contribution >= 0.6 is 23.1 Å². The van der Waals surface area contributed by atoms with Gasteiger partial charge in [0.25, 0.3) is 11.6 Å². The molecule has 1 aromatic heterocycles. The van der Waals surface area contributed by atoms with Crippen LogP contribution in [0, 0.1) is 17.0 Å².